The van der Waals surface area contributed by atoms with Crippen LogP contribution in [0.2, 0.25) is 0 Å². The summed E-state index contributed by atoms with van der Waals surface area (Å²) in [5.41, 5.74) is 3.54. The first-order chi connectivity index (χ1) is 17.3. The molecule has 0 saturated heterocycles. The number of fused-ring (bicyclic) bond motifs is 1. The number of rotatable bonds is 6. The van der Waals surface area contributed by atoms with E-state index in [-0.39, 0.29) is 17.5 Å². The topological polar surface area (TPSA) is 113 Å². The van der Waals surface area contributed by atoms with E-state index in [0.717, 1.165) is 30.6 Å². The second-order valence-corrected chi connectivity index (χ2v) is 11.8. The first-order valence-electron chi connectivity index (χ1n) is 12.5. The number of hydrogen-bond donors (Lipinski definition) is 3. The molecular formula is C28H38N4O4S. The van der Waals surface area contributed by atoms with Crippen LogP contribution in [0, 0.1) is 6.92 Å². The number of aromatic nitrogens is 2. The number of hydrogen-bond acceptors (Lipinski definition) is 5. The molecule has 0 bridgehead atoms. The van der Waals surface area contributed by atoms with Crippen molar-refractivity contribution in [2.45, 2.75) is 71.0 Å². The van der Waals surface area contributed by atoms with Crippen LogP contribution in [0.15, 0.2) is 60.8 Å². The molecule has 4 rings (SSSR count). The van der Waals surface area contributed by atoms with Gasteiger partial charge in [0.2, 0.25) is 0 Å². The van der Waals surface area contributed by atoms with Gasteiger partial charge in [0.1, 0.15) is 11.4 Å². The predicted octanol–water partition coefficient (Wildman–Crippen LogP) is 5.43. The number of anilines is 1. The average Bonchev–Trinajstić information content (AvgIpc) is 3.28. The van der Waals surface area contributed by atoms with E-state index in [9.17, 15) is 13.2 Å². The lowest BCUT2D eigenvalue weighted by Crippen LogP contribution is -2.45. The third kappa shape index (κ3) is 6.78. The van der Waals surface area contributed by atoms with Crippen LogP contribution in [-0.4, -0.2) is 34.9 Å². The van der Waals surface area contributed by atoms with E-state index < -0.39 is 15.7 Å². The summed E-state index contributed by atoms with van der Waals surface area (Å²) in [6.45, 7) is 10.7. The maximum absolute atomic E-state index is 13.6. The summed E-state index contributed by atoms with van der Waals surface area (Å²) in [5.74, 6) is 0.699. The van der Waals surface area contributed by atoms with Gasteiger partial charge in [-0.25, -0.2) is 4.68 Å². The molecule has 0 radical (unpaired) electrons. The Balaban J connectivity index is 0.000000695. The zero-order valence-electron chi connectivity index (χ0n) is 22.4. The molecule has 2 heterocycles. The molecule has 0 saturated carbocycles. The maximum atomic E-state index is 13.6. The quantitative estimate of drug-likeness (QED) is 0.369. The van der Waals surface area contributed by atoms with Crippen molar-refractivity contribution in [2.75, 3.05) is 11.6 Å². The molecule has 1 atom stereocenters. The zero-order valence-corrected chi connectivity index (χ0v) is 23.3. The molecule has 1 aromatic heterocycles. The van der Waals surface area contributed by atoms with Crippen LogP contribution in [-0.2, 0) is 21.2 Å². The highest BCUT2D eigenvalue weighted by Gasteiger charge is 2.38. The molecule has 1 aliphatic rings. The average molecular weight is 527 g/mol. The Kier molecular flexibility index (Phi) is 8.49. The zero-order chi connectivity index (χ0) is 27.4. The van der Waals surface area contributed by atoms with Crippen LogP contribution in [0.5, 0.6) is 0 Å². The van der Waals surface area contributed by atoms with Crippen LogP contribution < -0.4 is 10.6 Å². The molecule has 3 aromatic rings. The summed E-state index contributed by atoms with van der Waals surface area (Å²) in [5, 5.41) is 11.6. The Morgan fingerprint density at radius 3 is 2.24 bits per heavy atom. The largest absolute Gasteiger partial charge is 0.363 e. The van der Waals surface area contributed by atoms with Crippen LogP contribution >= 0.6 is 0 Å². The minimum absolute atomic E-state index is 0.0902. The SMILES string of the molecule is CCC(CC)(NC(=O)c1cnn2c1NC(c1ccccc1)CC2(C)C)c1ccc(C)cc1.CS(=O)(=O)O. The van der Waals surface area contributed by atoms with E-state index >= 15 is 0 Å². The monoisotopic (exact) mass is 526 g/mol. The number of nitrogens with zero attached hydrogens (tertiary/aromatic N) is 2. The minimum atomic E-state index is -3.67. The number of aryl methyl sites for hydroxylation is 1. The van der Waals surface area contributed by atoms with Crippen molar-refractivity contribution < 1.29 is 17.8 Å². The lowest BCUT2D eigenvalue weighted by molar-refractivity contribution is 0.0890. The summed E-state index contributed by atoms with van der Waals surface area (Å²) in [6.07, 6.45) is 4.94. The van der Waals surface area contributed by atoms with Gasteiger partial charge in [0.25, 0.3) is 16.0 Å². The fraction of sp³-hybridized carbons (Fsp3) is 0.429. The fourth-order valence-electron chi connectivity index (χ4n) is 4.87. The van der Waals surface area contributed by atoms with Gasteiger partial charge in [-0.05, 0) is 51.2 Å². The van der Waals surface area contributed by atoms with Gasteiger partial charge in [-0.1, -0.05) is 74.0 Å². The number of amides is 1. The van der Waals surface area contributed by atoms with Crippen LogP contribution in [0.3, 0.4) is 0 Å². The lowest BCUT2D eigenvalue weighted by atomic mass is 9.84. The smallest absolute Gasteiger partial charge is 0.261 e. The minimum Gasteiger partial charge on any atom is -0.363 e. The first-order valence-corrected chi connectivity index (χ1v) is 14.4. The predicted molar refractivity (Wildman–Crippen MR) is 147 cm³/mol. The highest BCUT2D eigenvalue weighted by molar-refractivity contribution is 7.85. The van der Waals surface area contributed by atoms with Crippen molar-refractivity contribution in [3.8, 4) is 0 Å². The third-order valence-corrected chi connectivity index (χ3v) is 6.97. The highest BCUT2D eigenvalue weighted by atomic mass is 32.2. The van der Waals surface area contributed by atoms with Crippen LogP contribution in [0.1, 0.15) is 80.0 Å². The van der Waals surface area contributed by atoms with Crippen molar-refractivity contribution in [1.29, 1.82) is 0 Å². The van der Waals surface area contributed by atoms with Gasteiger partial charge in [0.15, 0.2) is 0 Å². The number of benzene rings is 2. The number of nitrogens with one attached hydrogen (secondary N) is 2. The van der Waals surface area contributed by atoms with E-state index in [4.69, 9.17) is 4.55 Å². The number of carbonyl (C=O) groups is 1. The molecule has 1 aliphatic heterocycles. The molecule has 0 aliphatic carbocycles. The molecular weight excluding hydrogens is 488 g/mol. The van der Waals surface area contributed by atoms with Crippen molar-refractivity contribution >= 4 is 21.8 Å². The van der Waals surface area contributed by atoms with Crippen molar-refractivity contribution in [1.82, 2.24) is 15.1 Å². The Morgan fingerprint density at radius 2 is 1.70 bits per heavy atom. The Bertz CT molecular complexity index is 1300. The Hall–Kier alpha value is -3.17. The van der Waals surface area contributed by atoms with Gasteiger partial charge in [-0.15, -0.1) is 0 Å². The maximum Gasteiger partial charge on any atom is 0.261 e. The second-order valence-electron chi connectivity index (χ2n) is 10.3. The first kappa shape index (κ1) is 28.4. The molecule has 8 nitrogen and oxygen atoms in total. The molecule has 0 spiro atoms. The van der Waals surface area contributed by atoms with Gasteiger partial charge in [-0.3, -0.25) is 9.35 Å². The summed E-state index contributed by atoms with van der Waals surface area (Å²) >= 11 is 0. The van der Waals surface area contributed by atoms with Crippen LogP contribution in [0.4, 0.5) is 5.82 Å². The van der Waals surface area contributed by atoms with Gasteiger partial charge in [0.05, 0.1) is 29.6 Å². The third-order valence-electron chi connectivity index (χ3n) is 6.97. The molecule has 200 valence electrons. The van der Waals surface area contributed by atoms with Gasteiger partial charge in [-0.2, -0.15) is 13.5 Å². The van der Waals surface area contributed by atoms with E-state index in [1.807, 2.05) is 10.7 Å². The summed E-state index contributed by atoms with van der Waals surface area (Å²) < 4.78 is 27.8. The molecule has 1 unspecified atom stereocenters. The fourth-order valence-corrected chi connectivity index (χ4v) is 4.87. The second kappa shape index (κ2) is 11.1. The molecule has 1 amide bonds. The lowest BCUT2D eigenvalue weighted by Gasteiger charge is -2.38. The summed E-state index contributed by atoms with van der Waals surface area (Å²) in [6, 6.07) is 19.0. The molecule has 0 fully saturated rings. The van der Waals surface area contributed by atoms with Crippen molar-refractivity contribution in [2.24, 2.45) is 0 Å². The summed E-state index contributed by atoms with van der Waals surface area (Å²) in [4.78, 5) is 13.6. The van der Waals surface area contributed by atoms with Gasteiger partial charge in [0, 0.05) is 0 Å². The van der Waals surface area contributed by atoms with Crippen LogP contribution in [0.25, 0.3) is 0 Å². The Morgan fingerprint density at radius 1 is 1.14 bits per heavy atom. The van der Waals surface area contributed by atoms with Gasteiger partial charge < -0.3 is 10.6 Å². The molecule has 2 aromatic carbocycles. The summed E-state index contributed by atoms with van der Waals surface area (Å²) in [7, 11) is -3.67. The number of carbonyl (C=O) groups excluding carboxylic acids is 1. The standard InChI is InChI=1S/C27H34N4O.CH4O3S/c1-6-27(7-2,21-15-13-19(3)14-16-21)30-25(32)22-18-28-31-24(22)29-23(17-26(31,4)5)20-11-9-8-10-12-20;1-5(2,3)4/h8-16,18,23,29H,6-7,17H2,1-5H3,(H,30,32);1H3,(H,2,3,4). The van der Waals surface area contributed by atoms with Crippen molar-refractivity contribution in [3.05, 3.63) is 83.0 Å². The molecule has 37 heavy (non-hydrogen) atoms. The van der Waals surface area contributed by atoms with Crippen molar-refractivity contribution in [3.63, 3.8) is 0 Å². The Labute approximate surface area is 220 Å². The van der Waals surface area contributed by atoms with E-state index in [2.05, 4.69) is 98.9 Å². The van der Waals surface area contributed by atoms with E-state index in [1.54, 1.807) is 6.20 Å². The highest BCUT2D eigenvalue weighted by Crippen LogP contribution is 2.40. The normalized spacial score (nSPS) is 16.6. The molecule has 9 heteroatoms. The van der Waals surface area contributed by atoms with Gasteiger partial charge >= 0.3 is 0 Å². The molecule has 3 N–H and O–H groups in total. The van der Waals surface area contributed by atoms with E-state index in [1.165, 1.54) is 11.1 Å². The van der Waals surface area contributed by atoms with E-state index in [0.29, 0.717) is 11.8 Å².